The van der Waals surface area contributed by atoms with Crippen LogP contribution < -0.4 is 5.73 Å². The van der Waals surface area contributed by atoms with Gasteiger partial charge in [-0.2, -0.15) is 0 Å². The van der Waals surface area contributed by atoms with Gasteiger partial charge in [-0.05, 0) is 18.4 Å². The van der Waals surface area contributed by atoms with E-state index in [4.69, 9.17) is 10.5 Å². The molecule has 0 bridgehead atoms. The molecule has 0 aromatic heterocycles. The van der Waals surface area contributed by atoms with Crippen LogP contribution in [0.15, 0.2) is 30.3 Å². The number of aryl methyl sites for hydroxylation is 1. The summed E-state index contributed by atoms with van der Waals surface area (Å²) in [7, 11) is 0. The maximum absolute atomic E-state index is 10.4. The molecule has 0 aliphatic rings. The second-order valence-corrected chi connectivity index (χ2v) is 3.42. The van der Waals surface area contributed by atoms with E-state index in [0.717, 1.165) is 12.8 Å². The molecule has 0 atom stereocenters. The number of primary amides is 1. The van der Waals surface area contributed by atoms with E-state index in [1.807, 2.05) is 18.2 Å². The van der Waals surface area contributed by atoms with Gasteiger partial charge in [0.2, 0.25) is 5.91 Å². The molecule has 0 saturated carbocycles. The van der Waals surface area contributed by atoms with Crippen molar-refractivity contribution in [3.05, 3.63) is 35.9 Å². The monoisotopic (exact) mass is 207 g/mol. The molecule has 0 heterocycles. The lowest BCUT2D eigenvalue weighted by Crippen LogP contribution is -2.13. The summed E-state index contributed by atoms with van der Waals surface area (Å²) in [6.45, 7) is 1.12. The fourth-order valence-electron chi connectivity index (χ4n) is 1.30. The van der Waals surface area contributed by atoms with E-state index in [1.54, 1.807) is 0 Å². The molecule has 1 aromatic rings. The number of rotatable bonds is 7. The Balaban J connectivity index is 2.00. The molecule has 0 fully saturated rings. The predicted molar refractivity (Wildman–Crippen MR) is 59.4 cm³/mol. The fourth-order valence-corrected chi connectivity index (χ4v) is 1.30. The Morgan fingerprint density at radius 2 is 1.93 bits per heavy atom. The second-order valence-electron chi connectivity index (χ2n) is 3.42. The normalized spacial score (nSPS) is 10.1. The van der Waals surface area contributed by atoms with Crippen molar-refractivity contribution in [2.24, 2.45) is 5.73 Å². The molecular formula is C12H17NO2. The highest BCUT2D eigenvalue weighted by Crippen LogP contribution is 2.02. The average Bonchev–Trinajstić information content (AvgIpc) is 2.24. The Labute approximate surface area is 90.2 Å². The Morgan fingerprint density at radius 1 is 1.20 bits per heavy atom. The van der Waals surface area contributed by atoms with Gasteiger partial charge >= 0.3 is 0 Å². The first-order chi connectivity index (χ1) is 7.29. The minimum atomic E-state index is -0.307. The summed E-state index contributed by atoms with van der Waals surface area (Å²) >= 11 is 0. The molecule has 3 nitrogen and oxygen atoms in total. The van der Waals surface area contributed by atoms with Crippen molar-refractivity contribution in [3.63, 3.8) is 0 Å². The predicted octanol–water partition coefficient (Wildman–Crippen LogP) is 1.51. The van der Waals surface area contributed by atoms with Gasteiger partial charge in [0.15, 0.2) is 0 Å². The van der Waals surface area contributed by atoms with Gasteiger partial charge in [0, 0.05) is 13.0 Å². The summed E-state index contributed by atoms with van der Waals surface area (Å²) in [5.41, 5.74) is 6.30. The fraction of sp³-hybridized carbons (Fsp3) is 0.417. The summed E-state index contributed by atoms with van der Waals surface area (Å²) in [6, 6.07) is 10.3. The molecular weight excluding hydrogens is 190 g/mol. The summed E-state index contributed by atoms with van der Waals surface area (Å²) in [5.74, 6) is -0.307. The Bertz CT molecular complexity index is 285. The minimum absolute atomic E-state index is 0.307. The van der Waals surface area contributed by atoms with Crippen molar-refractivity contribution in [3.8, 4) is 0 Å². The van der Waals surface area contributed by atoms with Crippen molar-refractivity contribution in [1.82, 2.24) is 0 Å². The average molecular weight is 207 g/mol. The molecule has 1 amide bonds. The minimum Gasteiger partial charge on any atom is -0.381 e. The van der Waals surface area contributed by atoms with Crippen molar-refractivity contribution in [2.45, 2.75) is 19.3 Å². The lowest BCUT2D eigenvalue weighted by Gasteiger charge is -2.02. The first-order valence-corrected chi connectivity index (χ1v) is 5.19. The third kappa shape index (κ3) is 5.86. The molecule has 0 radical (unpaired) electrons. The van der Waals surface area contributed by atoms with Gasteiger partial charge in [0.25, 0.3) is 0 Å². The number of benzene rings is 1. The van der Waals surface area contributed by atoms with Crippen LogP contribution in [0.1, 0.15) is 18.4 Å². The summed E-state index contributed by atoms with van der Waals surface area (Å²) in [4.78, 5) is 10.4. The van der Waals surface area contributed by atoms with Gasteiger partial charge in [-0.15, -0.1) is 0 Å². The molecule has 3 heteroatoms. The van der Waals surface area contributed by atoms with Gasteiger partial charge in [0.1, 0.15) is 0 Å². The molecule has 0 aliphatic carbocycles. The topological polar surface area (TPSA) is 52.3 Å². The van der Waals surface area contributed by atoms with E-state index in [2.05, 4.69) is 12.1 Å². The molecule has 0 spiro atoms. The lowest BCUT2D eigenvalue weighted by atomic mass is 10.1. The van der Waals surface area contributed by atoms with E-state index < -0.39 is 0 Å². The highest BCUT2D eigenvalue weighted by Gasteiger charge is 1.95. The van der Waals surface area contributed by atoms with Crippen molar-refractivity contribution < 1.29 is 9.53 Å². The number of ether oxygens (including phenoxy) is 1. The zero-order valence-corrected chi connectivity index (χ0v) is 8.82. The number of carbonyl (C=O) groups is 1. The van der Waals surface area contributed by atoms with Crippen LogP contribution in [-0.2, 0) is 16.0 Å². The molecule has 0 unspecified atom stereocenters. The van der Waals surface area contributed by atoms with E-state index in [1.165, 1.54) is 5.56 Å². The van der Waals surface area contributed by atoms with Crippen molar-refractivity contribution in [1.29, 1.82) is 0 Å². The SMILES string of the molecule is NC(=O)CCOCCCc1ccccc1. The van der Waals surface area contributed by atoms with Crippen LogP contribution in [0.2, 0.25) is 0 Å². The number of amides is 1. The van der Waals surface area contributed by atoms with Crippen molar-refractivity contribution in [2.75, 3.05) is 13.2 Å². The molecule has 1 rings (SSSR count). The van der Waals surface area contributed by atoms with Crippen LogP contribution in [0, 0.1) is 0 Å². The second kappa shape index (κ2) is 7.01. The van der Waals surface area contributed by atoms with Gasteiger partial charge in [-0.25, -0.2) is 0 Å². The Hall–Kier alpha value is -1.35. The van der Waals surface area contributed by atoms with E-state index in [9.17, 15) is 4.79 Å². The Kier molecular flexibility index (Phi) is 5.48. The van der Waals surface area contributed by atoms with Crippen LogP contribution >= 0.6 is 0 Å². The molecule has 1 aromatic carbocycles. The zero-order valence-electron chi connectivity index (χ0n) is 8.82. The molecule has 15 heavy (non-hydrogen) atoms. The van der Waals surface area contributed by atoms with Gasteiger partial charge in [-0.3, -0.25) is 4.79 Å². The lowest BCUT2D eigenvalue weighted by molar-refractivity contribution is -0.119. The molecule has 2 N–H and O–H groups in total. The van der Waals surface area contributed by atoms with Crippen LogP contribution in [-0.4, -0.2) is 19.1 Å². The molecule has 0 aliphatic heterocycles. The van der Waals surface area contributed by atoms with Crippen molar-refractivity contribution >= 4 is 5.91 Å². The highest BCUT2D eigenvalue weighted by molar-refractivity contribution is 5.73. The summed E-state index contributed by atoms with van der Waals surface area (Å²) in [5, 5.41) is 0. The van der Waals surface area contributed by atoms with E-state index in [-0.39, 0.29) is 5.91 Å². The molecule has 0 saturated heterocycles. The number of hydrogen-bond donors (Lipinski definition) is 1. The first kappa shape index (κ1) is 11.7. The van der Waals surface area contributed by atoms with E-state index in [0.29, 0.717) is 19.6 Å². The number of nitrogens with two attached hydrogens (primary N) is 1. The van der Waals surface area contributed by atoms with Crippen LogP contribution in [0.4, 0.5) is 0 Å². The summed E-state index contributed by atoms with van der Waals surface area (Å²) < 4.78 is 5.27. The highest BCUT2D eigenvalue weighted by atomic mass is 16.5. The smallest absolute Gasteiger partial charge is 0.219 e. The zero-order chi connectivity index (χ0) is 10.9. The first-order valence-electron chi connectivity index (χ1n) is 5.19. The van der Waals surface area contributed by atoms with Gasteiger partial charge in [0.05, 0.1) is 6.61 Å². The maximum Gasteiger partial charge on any atom is 0.219 e. The quantitative estimate of drug-likeness (QED) is 0.689. The largest absolute Gasteiger partial charge is 0.381 e. The molecule has 82 valence electrons. The number of carbonyl (C=O) groups excluding carboxylic acids is 1. The van der Waals surface area contributed by atoms with Crippen LogP contribution in [0.3, 0.4) is 0 Å². The standard InChI is InChI=1S/C12H17NO2/c13-12(14)8-10-15-9-4-7-11-5-2-1-3-6-11/h1-3,5-6H,4,7-10H2,(H2,13,14). The van der Waals surface area contributed by atoms with E-state index >= 15 is 0 Å². The van der Waals surface area contributed by atoms with Gasteiger partial charge in [-0.1, -0.05) is 30.3 Å². The Morgan fingerprint density at radius 3 is 2.60 bits per heavy atom. The van der Waals surface area contributed by atoms with Gasteiger partial charge < -0.3 is 10.5 Å². The third-order valence-corrected chi connectivity index (χ3v) is 2.09. The third-order valence-electron chi connectivity index (χ3n) is 2.09. The maximum atomic E-state index is 10.4. The van der Waals surface area contributed by atoms with Crippen LogP contribution in [0.5, 0.6) is 0 Å². The number of hydrogen-bond acceptors (Lipinski definition) is 2. The summed E-state index contributed by atoms with van der Waals surface area (Å²) in [6.07, 6.45) is 2.30. The van der Waals surface area contributed by atoms with Crippen LogP contribution in [0.25, 0.3) is 0 Å².